The lowest BCUT2D eigenvalue weighted by Crippen LogP contribution is -2.39. The number of allylic oxidation sites excluding steroid dienone is 1. The Kier molecular flexibility index (Phi) is 4.76. The fourth-order valence-electron chi connectivity index (χ4n) is 1.96. The number of nitrogens with one attached hydrogen (secondary N) is 1. The van der Waals surface area contributed by atoms with Gasteiger partial charge in [0.05, 0.1) is 6.04 Å². The van der Waals surface area contributed by atoms with Gasteiger partial charge in [-0.05, 0) is 31.7 Å². The highest BCUT2D eigenvalue weighted by molar-refractivity contribution is 5.58. The monoisotopic (exact) mass is 181 g/mol. The molecule has 2 heteroatoms. The van der Waals surface area contributed by atoms with E-state index in [-0.39, 0.29) is 6.04 Å². The molecule has 1 heterocycles. The van der Waals surface area contributed by atoms with E-state index in [1.165, 1.54) is 19.3 Å². The van der Waals surface area contributed by atoms with Gasteiger partial charge in [-0.1, -0.05) is 18.9 Å². The first-order chi connectivity index (χ1) is 6.38. The number of carbonyl (C=O) groups is 1. The van der Waals surface area contributed by atoms with Gasteiger partial charge >= 0.3 is 0 Å². The Morgan fingerprint density at radius 3 is 2.92 bits per heavy atom. The third-order valence-corrected chi connectivity index (χ3v) is 2.76. The van der Waals surface area contributed by atoms with Crippen molar-refractivity contribution in [2.75, 3.05) is 6.54 Å². The van der Waals surface area contributed by atoms with E-state index in [9.17, 15) is 4.79 Å². The Bertz CT molecular complexity index is 167. The van der Waals surface area contributed by atoms with Crippen molar-refractivity contribution in [2.45, 2.75) is 38.1 Å². The minimum atomic E-state index is 0.0540. The second-order valence-corrected chi connectivity index (χ2v) is 3.75. The van der Waals surface area contributed by atoms with Gasteiger partial charge in [0, 0.05) is 0 Å². The molecule has 1 fully saturated rings. The van der Waals surface area contributed by atoms with Crippen LogP contribution in [0.25, 0.3) is 0 Å². The van der Waals surface area contributed by atoms with E-state index in [2.05, 4.69) is 11.9 Å². The van der Waals surface area contributed by atoms with Gasteiger partial charge in [-0.15, -0.1) is 6.58 Å². The molecule has 0 aromatic carbocycles. The van der Waals surface area contributed by atoms with E-state index >= 15 is 0 Å². The molecule has 74 valence electrons. The van der Waals surface area contributed by atoms with Crippen LogP contribution in [0.4, 0.5) is 0 Å². The van der Waals surface area contributed by atoms with Crippen LogP contribution >= 0.6 is 0 Å². The van der Waals surface area contributed by atoms with Crippen LogP contribution in [0.1, 0.15) is 32.1 Å². The Labute approximate surface area is 80.4 Å². The molecule has 1 aliphatic heterocycles. The summed E-state index contributed by atoms with van der Waals surface area (Å²) in [6.07, 6.45) is 8.82. The summed E-state index contributed by atoms with van der Waals surface area (Å²) in [4.78, 5) is 10.8. The molecule has 0 aromatic heterocycles. The molecule has 0 aliphatic carbocycles. The summed E-state index contributed by atoms with van der Waals surface area (Å²) in [7, 11) is 0. The van der Waals surface area contributed by atoms with Crippen molar-refractivity contribution in [1.29, 1.82) is 0 Å². The van der Waals surface area contributed by atoms with Crippen molar-refractivity contribution < 1.29 is 4.79 Å². The first kappa shape index (κ1) is 10.5. The number of aldehydes is 1. The summed E-state index contributed by atoms with van der Waals surface area (Å²) in [5.41, 5.74) is 0. The van der Waals surface area contributed by atoms with Gasteiger partial charge in [0.15, 0.2) is 0 Å². The van der Waals surface area contributed by atoms with Gasteiger partial charge in [-0.25, -0.2) is 0 Å². The zero-order valence-electron chi connectivity index (χ0n) is 8.17. The van der Waals surface area contributed by atoms with Crippen molar-refractivity contribution in [2.24, 2.45) is 5.92 Å². The van der Waals surface area contributed by atoms with Crippen molar-refractivity contribution >= 4 is 6.29 Å². The Balaban J connectivity index is 2.49. The minimum Gasteiger partial charge on any atom is -0.307 e. The maximum Gasteiger partial charge on any atom is 0.137 e. The van der Waals surface area contributed by atoms with Gasteiger partial charge in [0.1, 0.15) is 6.29 Å². The molecule has 2 atom stereocenters. The Morgan fingerprint density at radius 1 is 1.38 bits per heavy atom. The second kappa shape index (κ2) is 5.92. The lowest BCUT2D eigenvalue weighted by molar-refractivity contribution is -0.110. The molecule has 0 bridgehead atoms. The lowest BCUT2D eigenvalue weighted by atomic mass is 9.89. The maximum atomic E-state index is 10.8. The van der Waals surface area contributed by atoms with Gasteiger partial charge < -0.3 is 10.1 Å². The summed E-state index contributed by atoms with van der Waals surface area (Å²) in [5.74, 6) is 0.468. The SMILES string of the molecule is C=CCC1CCCCCNC1C=O. The smallest absolute Gasteiger partial charge is 0.137 e. The van der Waals surface area contributed by atoms with Gasteiger partial charge in [0.2, 0.25) is 0 Å². The number of hydrogen-bond donors (Lipinski definition) is 1. The van der Waals surface area contributed by atoms with Gasteiger partial charge in [-0.2, -0.15) is 0 Å². The predicted octanol–water partition coefficient (Wildman–Crippen LogP) is 1.91. The molecule has 2 unspecified atom stereocenters. The molecule has 1 aliphatic rings. The standard InChI is InChI=1S/C11H19NO/c1-2-6-10-7-4-3-5-8-12-11(10)9-13/h2,9-12H,1,3-8H2. The van der Waals surface area contributed by atoms with Crippen molar-refractivity contribution in [3.8, 4) is 0 Å². The highest BCUT2D eigenvalue weighted by Crippen LogP contribution is 2.19. The molecule has 0 radical (unpaired) electrons. The fourth-order valence-corrected chi connectivity index (χ4v) is 1.96. The third kappa shape index (κ3) is 3.31. The average Bonchev–Trinajstić information content (AvgIpc) is 2.10. The Morgan fingerprint density at radius 2 is 2.23 bits per heavy atom. The van der Waals surface area contributed by atoms with Gasteiger partial charge in [0.25, 0.3) is 0 Å². The topological polar surface area (TPSA) is 29.1 Å². The molecular weight excluding hydrogens is 162 g/mol. The molecule has 0 spiro atoms. The molecule has 1 saturated heterocycles. The summed E-state index contributed by atoms with van der Waals surface area (Å²) in [6, 6.07) is 0.0540. The van der Waals surface area contributed by atoms with Crippen LogP contribution in [-0.2, 0) is 4.79 Å². The molecule has 0 aromatic rings. The minimum absolute atomic E-state index is 0.0540. The van der Waals surface area contributed by atoms with E-state index in [1.807, 2.05) is 6.08 Å². The highest BCUT2D eigenvalue weighted by Gasteiger charge is 2.20. The van der Waals surface area contributed by atoms with Crippen molar-refractivity contribution in [3.63, 3.8) is 0 Å². The normalized spacial score (nSPS) is 30.2. The van der Waals surface area contributed by atoms with Crippen LogP contribution in [0.15, 0.2) is 12.7 Å². The molecular formula is C11H19NO. The fraction of sp³-hybridized carbons (Fsp3) is 0.727. The lowest BCUT2D eigenvalue weighted by Gasteiger charge is -2.25. The highest BCUT2D eigenvalue weighted by atomic mass is 16.1. The zero-order chi connectivity index (χ0) is 9.52. The molecule has 0 saturated carbocycles. The molecule has 2 nitrogen and oxygen atoms in total. The number of rotatable bonds is 3. The first-order valence-corrected chi connectivity index (χ1v) is 5.18. The van der Waals surface area contributed by atoms with E-state index in [0.717, 1.165) is 25.7 Å². The largest absolute Gasteiger partial charge is 0.307 e. The molecule has 1 N–H and O–H groups in total. The van der Waals surface area contributed by atoms with Crippen LogP contribution in [-0.4, -0.2) is 18.9 Å². The summed E-state index contributed by atoms with van der Waals surface area (Å²) < 4.78 is 0. The van der Waals surface area contributed by atoms with Crippen LogP contribution in [0.2, 0.25) is 0 Å². The van der Waals surface area contributed by atoms with E-state index in [4.69, 9.17) is 0 Å². The molecule has 1 rings (SSSR count). The second-order valence-electron chi connectivity index (χ2n) is 3.75. The van der Waals surface area contributed by atoms with Crippen LogP contribution < -0.4 is 5.32 Å². The summed E-state index contributed by atoms with van der Waals surface area (Å²) in [5, 5.41) is 3.29. The number of carbonyl (C=O) groups excluding carboxylic acids is 1. The maximum absolute atomic E-state index is 10.8. The average molecular weight is 181 g/mol. The van der Waals surface area contributed by atoms with Crippen LogP contribution in [0.3, 0.4) is 0 Å². The molecule has 13 heavy (non-hydrogen) atoms. The van der Waals surface area contributed by atoms with Crippen molar-refractivity contribution in [3.05, 3.63) is 12.7 Å². The van der Waals surface area contributed by atoms with E-state index < -0.39 is 0 Å². The zero-order valence-corrected chi connectivity index (χ0v) is 8.17. The first-order valence-electron chi connectivity index (χ1n) is 5.18. The quantitative estimate of drug-likeness (QED) is 0.532. The van der Waals surface area contributed by atoms with E-state index in [1.54, 1.807) is 0 Å². The van der Waals surface area contributed by atoms with E-state index in [0.29, 0.717) is 5.92 Å². The van der Waals surface area contributed by atoms with Crippen LogP contribution in [0, 0.1) is 5.92 Å². The summed E-state index contributed by atoms with van der Waals surface area (Å²) in [6.45, 7) is 4.72. The summed E-state index contributed by atoms with van der Waals surface area (Å²) >= 11 is 0. The van der Waals surface area contributed by atoms with Crippen LogP contribution in [0.5, 0.6) is 0 Å². The number of hydrogen-bond acceptors (Lipinski definition) is 2. The van der Waals surface area contributed by atoms with Gasteiger partial charge in [-0.3, -0.25) is 0 Å². The Hall–Kier alpha value is -0.630. The molecule has 0 amide bonds. The van der Waals surface area contributed by atoms with Crippen molar-refractivity contribution in [1.82, 2.24) is 5.32 Å². The predicted molar refractivity (Wildman–Crippen MR) is 54.6 cm³/mol. The third-order valence-electron chi connectivity index (χ3n) is 2.76.